The van der Waals surface area contributed by atoms with Crippen LogP contribution in [0.15, 0.2) is 18.2 Å². The number of anilines is 2. The summed E-state index contributed by atoms with van der Waals surface area (Å²) in [6.07, 6.45) is 0.985. The summed E-state index contributed by atoms with van der Waals surface area (Å²) >= 11 is 0. The van der Waals surface area contributed by atoms with Gasteiger partial charge in [0.25, 0.3) is 0 Å². The molecule has 0 heterocycles. The largest absolute Gasteiger partial charge is 0.491 e. The Balaban J connectivity index is 2.54. The van der Waals surface area contributed by atoms with E-state index in [0.29, 0.717) is 12.3 Å². The van der Waals surface area contributed by atoms with Crippen LogP contribution in [0.1, 0.15) is 20.3 Å². The lowest BCUT2D eigenvalue weighted by Gasteiger charge is -2.17. The summed E-state index contributed by atoms with van der Waals surface area (Å²) in [7, 11) is 2.10. The Labute approximate surface area is 110 Å². The van der Waals surface area contributed by atoms with Gasteiger partial charge < -0.3 is 20.7 Å². The Morgan fingerprint density at radius 3 is 2.78 bits per heavy atom. The molecule has 0 spiro atoms. The second kappa shape index (κ2) is 7.82. The van der Waals surface area contributed by atoms with Gasteiger partial charge in [-0.15, -0.1) is 0 Å². The summed E-state index contributed by atoms with van der Waals surface area (Å²) in [5.74, 6) is 0.769. The normalized spacial score (nSPS) is 10.7. The molecular formula is C14H25N3O. The number of nitrogens with zero attached hydrogens (tertiary/aromatic N) is 1. The summed E-state index contributed by atoms with van der Waals surface area (Å²) in [6.45, 7) is 7.86. The van der Waals surface area contributed by atoms with E-state index in [0.717, 1.165) is 37.5 Å². The van der Waals surface area contributed by atoms with Crippen LogP contribution in [0.3, 0.4) is 0 Å². The molecular weight excluding hydrogens is 226 g/mol. The molecule has 4 heteroatoms. The Bertz CT molecular complexity index is 355. The summed E-state index contributed by atoms with van der Waals surface area (Å²) in [4.78, 5) is 2.25. The highest BCUT2D eigenvalue weighted by atomic mass is 16.5. The van der Waals surface area contributed by atoms with Crippen molar-refractivity contribution >= 4 is 11.4 Å². The Kier molecular flexibility index (Phi) is 6.36. The van der Waals surface area contributed by atoms with Crippen LogP contribution in [0.2, 0.25) is 0 Å². The first kappa shape index (κ1) is 14.6. The van der Waals surface area contributed by atoms with Crippen LogP contribution < -0.4 is 15.8 Å². The highest BCUT2D eigenvalue weighted by Crippen LogP contribution is 2.29. The molecule has 1 aromatic carbocycles. The molecule has 0 aliphatic heterocycles. The Morgan fingerprint density at radius 2 is 2.11 bits per heavy atom. The average Bonchev–Trinajstić information content (AvgIpc) is 2.39. The first-order valence-electron chi connectivity index (χ1n) is 6.62. The third kappa shape index (κ3) is 4.45. The van der Waals surface area contributed by atoms with Gasteiger partial charge in [-0.3, -0.25) is 0 Å². The van der Waals surface area contributed by atoms with Crippen LogP contribution in [-0.4, -0.2) is 38.2 Å². The molecule has 102 valence electrons. The van der Waals surface area contributed by atoms with E-state index in [1.807, 2.05) is 18.2 Å². The SMILES string of the molecule is CCCOc1cccc(NCCN(C)CC)c1N. The van der Waals surface area contributed by atoms with Crippen LogP contribution >= 0.6 is 0 Å². The number of hydrogen-bond acceptors (Lipinski definition) is 4. The molecule has 1 aromatic rings. The number of ether oxygens (including phenoxy) is 1. The molecule has 0 aromatic heterocycles. The molecule has 0 unspecified atom stereocenters. The number of para-hydroxylation sites is 1. The quantitative estimate of drug-likeness (QED) is 0.697. The van der Waals surface area contributed by atoms with Gasteiger partial charge in [-0.05, 0) is 32.1 Å². The number of hydrogen-bond donors (Lipinski definition) is 2. The van der Waals surface area contributed by atoms with E-state index in [2.05, 4.69) is 31.1 Å². The molecule has 0 bridgehead atoms. The fourth-order valence-corrected chi connectivity index (χ4v) is 1.58. The van der Waals surface area contributed by atoms with E-state index in [4.69, 9.17) is 10.5 Å². The molecule has 0 saturated heterocycles. The zero-order valence-electron chi connectivity index (χ0n) is 11.7. The van der Waals surface area contributed by atoms with Gasteiger partial charge in [-0.2, -0.15) is 0 Å². The van der Waals surface area contributed by atoms with Crippen molar-refractivity contribution in [3.05, 3.63) is 18.2 Å². The molecule has 1 rings (SSSR count). The van der Waals surface area contributed by atoms with Crippen molar-refractivity contribution < 1.29 is 4.74 Å². The number of nitrogen functional groups attached to an aromatic ring is 1. The lowest BCUT2D eigenvalue weighted by Crippen LogP contribution is -2.24. The molecule has 4 nitrogen and oxygen atoms in total. The maximum Gasteiger partial charge on any atom is 0.144 e. The maximum absolute atomic E-state index is 6.07. The van der Waals surface area contributed by atoms with E-state index in [9.17, 15) is 0 Å². The fourth-order valence-electron chi connectivity index (χ4n) is 1.58. The van der Waals surface area contributed by atoms with Crippen LogP contribution in [0.25, 0.3) is 0 Å². The van der Waals surface area contributed by atoms with Gasteiger partial charge in [0.05, 0.1) is 18.0 Å². The van der Waals surface area contributed by atoms with E-state index >= 15 is 0 Å². The smallest absolute Gasteiger partial charge is 0.144 e. The second-order valence-corrected chi connectivity index (χ2v) is 4.39. The molecule has 0 aliphatic carbocycles. The van der Waals surface area contributed by atoms with Crippen molar-refractivity contribution in [2.45, 2.75) is 20.3 Å². The number of nitrogens with one attached hydrogen (secondary N) is 1. The zero-order valence-corrected chi connectivity index (χ0v) is 11.7. The monoisotopic (exact) mass is 251 g/mol. The highest BCUT2D eigenvalue weighted by molar-refractivity contribution is 5.72. The second-order valence-electron chi connectivity index (χ2n) is 4.39. The lowest BCUT2D eigenvalue weighted by molar-refractivity contribution is 0.319. The van der Waals surface area contributed by atoms with Crippen molar-refractivity contribution in [1.29, 1.82) is 0 Å². The fraction of sp³-hybridized carbons (Fsp3) is 0.571. The van der Waals surface area contributed by atoms with E-state index in [1.165, 1.54) is 0 Å². The summed E-state index contributed by atoms with van der Waals surface area (Å²) in [5.41, 5.74) is 7.72. The van der Waals surface area contributed by atoms with Gasteiger partial charge in [0, 0.05) is 13.1 Å². The number of rotatable bonds is 8. The minimum absolute atomic E-state index is 0.699. The van der Waals surface area contributed by atoms with E-state index in [1.54, 1.807) is 0 Å². The lowest BCUT2D eigenvalue weighted by atomic mass is 10.2. The van der Waals surface area contributed by atoms with Gasteiger partial charge in [0.2, 0.25) is 0 Å². The molecule has 0 saturated carbocycles. The van der Waals surface area contributed by atoms with Crippen molar-refractivity contribution in [3.8, 4) is 5.75 Å². The van der Waals surface area contributed by atoms with Crippen molar-refractivity contribution in [2.75, 3.05) is 44.3 Å². The molecule has 0 fully saturated rings. The van der Waals surface area contributed by atoms with Gasteiger partial charge in [0.1, 0.15) is 5.75 Å². The van der Waals surface area contributed by atoms with Crippen LogP contribution in [0.4, 0.5) is 11.4 Å². The molecule has 0 radical (unpaired) electrons. The highest BCUT2D eigenvalue weighted by Gasteiger charge is 2.05. The maximum atomic E-state index is 6.07. The molecule has 0 atom stereocenters. The van der Waals surface area contributed by atoms with Crippen molar-refractivity contribution in [2.24, 2.45) is 0 Å². The third-order valence-corrected chi connectivity index (χ3v) is 2.88. The summed E-state index contributed by atoms with van der Waals surface area (Å²) < 4.78 is 5.60. The first-order chi connectivity index (χ1) is 8.69. The van der Waals surface area contributed by atoms with Gasteiger partial charge in [-0.25, -0.2) is 0 Å². The van der Waals surface area contributed by atoms with Crippen LogP contribution in [0.5, 0.6) is 5.75 Å². The molecule has 0 aliphatic rings. The number of nitrogens with two attached hydrogens (primary N) is 1. The third-order valence-electron chi connectivity index (χ3n) is 2.88. The predicted molar refractivity (Wildman–Crippen MR) is 78.3 cm³/mol. The topological polar surface area (TPSA) is 50.5 Å². The van der Waals surface area contributed by atoms with Crippen molar-refractivity contribution in [1.82, 2.24) is 4.90 Å². The van der Waals surface area contributed by atoms with E-state index in [-0.39, 0.29) is 0 Å². The molecule has 18 heavy (non-hydrogen) atoms. The average molecular weight is 251 g/mol. The van der Waals surface area contributed by atoms with Crippen LogP contribution in [0, 0.1) is 0 Å². The van der Waals surface area contributed by atoms with Crippen molar-refractivity contribution in [3.63, 3.8) is 0 Å². The zero-order chi connectivity index (χ0) is 13.4. The number of benzene rings is 1. The van der Waals surface area contributed by atoms with Gasteiger partial charge in [-0.1, -0.05) is 19.9 Å². The number of likely N-dealkylation sites (N-methyl/N-ethyl adjacent to an activating group) is 1. The first-order valence-corrected chi connectivity index (χ1v) is 6.62. The van der Waals surface area contributed by atoms with Crippen LogP contribution in [-0.2, 0) is 0 Å². The minimum Gasteiger partial charge on any atom is -0.491 e. The minimum atomic E-state index is 0.699. The Hall–Kier alpha value is -1.42. The Morgan fingerprint density at radius 1 is 1.33 bits per heavy atom. The summed E-state index contributed by atoms with van der Waals surface area (Å²) in [5, 5.41) is 3.35. The van der Waals surface area contributed by atoms with Gasteiger partial charge >= 0.3 is 0 Å². The molecule has 3 N–H and O–H groups in total. The standard InChI is InChI=1S/C14H25N3O/c1-4-11-18-13-8-6-7-12(14(13)15)16-9-10-17(3)5-2/h6-8,16H,4-5,9-11,15H2,1-3H3. The van der Waals surface area contributed by atoms with Gasteiger partial charge in [0.15, 0.2) is 0 Å². The van der Waals surface area contributed by atoms with E-state index < -0.39 is 0 Å². The summed E-state index contributed by atoms with van der Waals surface area (Å²) in [6, 6.07) is 5.86. The molecule has 0 amide bonds. The predicted octanol–water partition coefficient (Wildman–Crippen LogP) is 2.42.